The van der Waals surface area contributed by atoms with E-state index in [0.29, 0.717) is 24.2 Å². The van der Waals surface area contributed by atoms with Gasteiger partial charge in [0.25, 0.3) is 11.8 Å². The molecule has 5 rings (SSSR count). The highest BCUT2D eigenvalue weighted by Crippen LogP contribution is 2.30. The molecule has 40 heavy (non-hydrogen) atoms. The van der Waals surface area contributed by atoms with Crippen LogP contribution in [0.3, 0.4) is 0 Å². The van der Waals surface area contributed by atoms with Gasteiger partial charge in [-0.15, -0.1) is 0 Å². The minimum absolute atomic E-state index is 0.282. The van der Waals surface area contributed by atoms with Crippen molar-refractivity contribution in [2.24, 2.45) is 22.0 Å². The van der Waals surface area contributed by atoms with Crippen molar-refractivity contribution in [3.63, 3.8) is 0 Å². The van der Waals surface area contributed by atoms with Crippen LogP contribution in [0.25, 0.3) is 0 Å². The molecule has 2 saturated heterocycles. The Morgan fingerprint density at radius 2 is 1.00 bits per heavy atom. The molecule has 0 spiro atoms. The van der Waals surface area contributed by atoms with Crippen molar-refractivity contribution in [1.82, 2.24) is 21.5 Å². The van der Waals surface area contributed by atoms with Crippen molar-refractivity contribution < 1.29 is 19.2 Å². The second-order valence-electron chi connectivity index (χ2n) is 9.58. The third kappa shape index (κ3) is 5.80. The maximum Gasteiger partial charge on any atom is 0.253 e. The molecule has 2 aliphatic heterocycles. The highest BCUT2D eigenvalue weighted by atomic mass is 16.2. The number of benzene rings is 3. The average Bonchev–Trinajstić information content (AvgIpc) is 3.57. The van der Waals surface area contributed by atoms with E-state index in [1.54, 1.807) is 24.3 Å². The average molecular weight is 537 g/mol. The molecule has 0 radical (unpaired) electrons. The van der Waals surface area contributed by atoms with Gasteiger partial charge >= 0.3 is 0 Å². The molecular formula is C30H28N6O4. The van der Waals surface area contributed by atoms with Crippen molar-refractivity contribution in [2.45, 2.75) is 11.8 Å². The van der Waals surface area contributed by atoms with Gasteiger partial charge in [0.15, 0.2) is 0 Å². The molecule has 0 bridgehead atoms. The minimum atomic E-state index is -0.890. The van der Waals surface area contributed by atoms with Crippen LogP contribution in [-0.4, -0.2) is 49.1 Å². The van der Waals surface area contributed by atoms with Gasteiger partial charge in [0, 0.05) is 36.1 Å². The Labute approximate surface area is 230 Å². The number of hydrogen-bond donors (Lipinski definition) is 4. The normalized spacial score (nSPS) is 22.3. The molecule has 10 nitrogen and oxygen atoms in total. The van der Waals surface area contributed by atoms with Crippen LogP contribution >= 0.6 is 0 Å². The lowest BCUT2D eigenvalue weighted by atomic mass is 9.88. The fourth-order valence-electron chi connectivity index (χ4n) is 5.08. The van der Waals surface area contributed by atoms with Crippen LogP contribution in [-0.2, 0) is 19.2 Å². The Morgan fingerprint density at radius 1 is 0.625 bits per heavy atom. The molecular weight excluding hydrogens is 508 g/mol. The van der Waals surface area contributed by atoms with Gasteiger partial charge < -0.3 is 10.6 Å². The van der Waals surface area contributed by atoms with Crippen molar-refractivity contribution in [1.29, 1.82) is 0 Å². The summed E-state index contributed by atoms with van der Waals surface area (Å²) in [5.74, 6) is -4.02. The molecule has 2 heterocycles. The minimum Gasteiger partial charge on any atom is -0.355 e. The summed E-state index contributed by atoms with van der Waals surface area (Å²) >= 11 is 0. The molecule has 0 aromatic heterocycles. The maximum absolute atomic E-state index is 12.9. The standard InChI is InChI=1S/C30H28N6O4/c37-27-25(23(17-31-27)19-9-3-1-4-10-19)29(39)35-33-15-21-13-7-8-14-22(21)16-34-36-30(40)26-24(18-32-28(26)38)20-11-5-2-6-12-20/h1-16,23-26H,17-18H2,(H,31,37)(H,32,38)(H,35,39)(H,36,40)/b33-15-,34-16+. The monoisotopic (exact) mass is 536 g/mol. The van der Waals surface area contributed by atoms with Crippen molar-refractivity contribution in [3.05, 3.63) is 107 Å². The van der Waals surface area contributed by atoms with Gasteiger partial charge in [-0.2, -0.15) is 10.2 Å². The molecule has 3 aromatic rings. The predicted molar refractivity (Wildman–Crippen MR) is 149 cm³/mol. The Kier molecular flexibility index (Phi) is 8.05. The zero-order valence-electron chi connectivity index (χ0n) is 21.5. The first-order valence-electron chi connectivity index (χ1n) is 12.9. The highest BCUT2D eigenvalue weighted by molar-refractivity contribution is 6.04. The van der Waals surface area contributed by atoms with Crippen LogP contribution in [0.15, 0.2) is 95.1 Å². The van der Waals surface area contributed by atoms with Gasteiger partial charge in [-0.05, 0) is 11.1 Å². The lowest BCUT2D eigenvalue weighted by Gasteiger charge is -2.15. The number of hydrogen-bond acceptors (Lipinski definition) is 6. The number of rotatable bonds is 8. The summed E-state index contributed by atoms with van der Waals surface area (Å²) in [7, 11) is 0. The van der Waals surface area contributed by atoms with Crippen LogP contribution in [0.2, 0.25) is 0 Å². The lowest BCUT2D eigenvalue weighted by Crippen LogP contribution is -2.34. The third-order valence-electron chi connectivity index (χ3n) is 7.14. The molecule has 3 aromatic carbocycles. The number of nitrogens with zero attached hydrogens (tertiary/aromatic N) is 2. The molecule has 0 aliphatic carbocycles. The van der Waals surface area contributed by atoms with E-state index in [4.69, 9.17) is 0 Å². The number of amides is 4. The summed E-state index contributed by atoms with van der Waals surface area (Å²) in [4.78, 5) is 50.5. The third-order valence-corrected chi connectivity index (χ3v) is 7.14. The molecule has 10 heteroatoms. The van der Waals surface area contributed by atoms with E-state index in [0.717, 1.165) is 11.1 Å². The van der Waals surface area contributed by atoms with E-state index < -0.39 is 23.7 Å². The van der Waals surface area contributed by atoms with Crippen molar-refractivity contribution >= 4 is 36.1 Å². The molecule has 4 atom stereocenters. The number of carbonyl (C=O) groups excluding carboxylic acids is 4. The second-order valence-corrected chi connectivity index (χ2v) is 9.58. The first kappa shape index (κ1) is 26.5. The molecule has 2 fully saturated rings. The summed E-state index contributed by atoms with van der Waals surface area (Å²) < 4.78 is 0. The molecule has 2 aliphatic rings. The van der Waals surface area contributed by atoms with E-state index in [1.807, 2.05) is 60.7 Å². The van der Waals surface area contributed by atoms with Gasteiger partial charge in [0.1, 0.15) is 11.8 Å². The highest BCUT2D eigenvalue weighted by Gasteiger charge is 2.42. The molecule has 0 saturated carbocycles. The summed E-state index contributed by atoms with van der Waals surface area (Å²) in [6.07, 6.45) is 2.89. The van der Waals surface area contributed by atoms with Gasteiger partial charge in [-0.3, -0.25) is 19.2 Å². The number of nitrogens with one attached hydrogen (secondary N) is 4. The van der Waals surface area contributed by atoms with Crippen molar-refractivity contribution in [2.75, 3.05) is 13.1 Å². The smallest absolute Gasteiger partial charge is 0.253 e. The summed E-state index contributed by atoms with van der Waals surface area (Å²) in [6.45, 7) is 0.758. The second kappa shape index (κ2) is 12.2. The summed E-state index contributed by atoms with van der Waals surface area (Å²) in [6, 6.07) is 25.9. The number of hydrazone groups is 2. The van der Waals surface area contributed by atoms with E-state index in [-0.39, 0.29) is 23.7 Å². The van der Waals surface area contributed by atoms with E-state index in [1.165, 1.54) is 12.4 Å². The Morgan fingerprint density at radius 3 is 1.40 bits per heavy atom. The SMILES string of the molecule is O=C1NCC(c2ccccc2)C1C(=O)N/N=C\c1ccccc1/C=N/NC(=O)C1C(=O)NCC1c1ccccc1. The Balaban J connectivity index is 1.22. The fraction of sp³-hybridized carbons (Fsp3) is 0.200. The van der Waals surface area contributed by atoms with E-state index in [2.05, 4.69) is 31.7 Å². The first-order valence-corrected chi connectivity index (χ1v) is 12.9. The fourth-order valence-corrected chi connectivity index (χ4v) is 5.08. The van der Waals surface area contributed by atoms with Gasteiger partial charge in [0.2, 0.25) is 11.8 Å². The molecule has 4 amide bonds. The maximum atomic E-state index is 12.9. The number of carbonyl (C=O) groups is 4. The zero-order valence-corrected chi connectivity index (χ0v) is 21.5. The van der Waals surface area contributed by atoms with Crippen LogP contribution in [0.5, 0.6) is 0 Å². The van der Waals surface area contributed by atoms with Gasteiger partial charge in [-0.1, -0.05) is 84.9 Å². The van der Waals surface area contributed by atoms with Gasteiger partial charge in [-0.25, -0.2) is 10.9 Å². The molecule has 4 N–H and O–H groups in total. The van der Waals surface area contributed by atoms with Crippen LogP contribution in [0, 0.1) is 11.8 Å². The largest absolute Gasteiger partial charge is 0.355 e. The topological polar surface area (TPSA) is 141 Å². The molecule has 202 valence electrons. The van der Waals surface area contributed by atoms with Crippen LogP contribution < -0.4 is 21.5 Å². The predicted octanol–water partition coefficient (Wildman–Crippen LogP) is 1.65. The van der Waals surface area contributed by atoms with E-state index in [9.17, 15) is 19.2 Å². The quantitative estimate of drug-likeness (QED) is 0.197. The summed E-state index contributed by atoms with van der Waals surface area (Å²) in [5.41, 5.74) is 8.00. The Hall–Kier alpha value is -5.12. The van der Waals surface area contributed by atoms with Crippen LogP contribution in [0.4, 0.5) is 0 Å². The first-order chi connectivity index (χ1) is 19.5. The molecule has 4 unspecified atom stereocenters. The zero-order chi connectivity index (χ0) is 27.9. The summed E-state index contributed by atoms with van der Waals surface area (Å²) in [5, 5.41) is 13.6. The Bertz CT molecular complexity index is 1350. The van der Waals surface area contributed by atoms with Crippen molar-refractivity contribution in [3.8, 4) is 0 Å². The van der Waals surface area contributed by atoms with E-state index >= 15 is 0 Å². The lowest BCUT2D eigenvalue weighted by molar-refractivity contribution is -0.135. The van der Waals surface area contributed by atoms with Crippen LogP contribution in [0.1, 0.15) is 34.1 Å². The van der Waals surface area contributed by atoms with Gasteiger partial charge in [0.05, 0.1) is 12.4 Å².